The van der Waals surface area contributed by atoms with Gasteiger partial charge in [0.15, 0.2) is 11.9 Å². The Hall–Kier alpha value is -15.0. The molecule has 0 radical (unpaired) electrons. The predicted molar refractivity (Wildman–Crippen MR) is 411 cm³/mol. The van der Waals surface area contributed by atoms with Gasteiger partial charge in [0.1, 0.15) is 81.6 Å². The summed E-state index contributed by atoms with van der Waals surface area (Å²) in [6, 6.07) is 12.6. The fourth-order valence-electron chi connectivity index (χ4n) is 13.8. The first kappa shape index (κ1) is 86.4. The van der Waals surface area contributed by atoms with E-state index in [9.17, 15) is 112 Å². The van der Waals surface area contributed by atoms with Crippen LogP contribution < -0.4 is 76.9 Å². The number of hydrogen-bond acceptors (Lipinski definition) is 27. The van der Waals surface area contributed by atoms with Gasteiger partial charge < -0.3 is 122 Å². The van der Waals surface area contributed by atoms with Gasteiger partial charge >= 0.3 is 87.0 Å². The van der Waals surface area contributed by atoms with Crippen LogP contribution >= 0.6 is 0 Å². The van der Waals surface area contributed by atoms with Crippen LogP contribution in [-0.2, 0) is 52.8 Å². The van der Waals surface area contributed by atoms with E-state index in [1.165, 1.54) is 65.6 Å². The number of piperazine rings is 2. The summed E-state index contributed by atoms with van der Waals surface area (Å²) < 4.78 is 63.6. The van der Waals surface area contributed by atoms with Crippen molar-refractivity contribution in [3.05, 3.63) is 194 Å². The van der Waals surface area contributed by atoms with Crippen molar-refractivity contribution in [3.63, 3.8) is 0 Å². The van der Waals surface area contributed by atoms with Crippen molar-refractivity contribution >= 4 is 116 Å². The number of carboxylic acids is 3. The van der Waals surface area contributed by atoms with E-state index in [2.05, 4.69) is 42.2 Å². The fourth-order valence-corrected chi connectivity index (χ4v) is 13.8. The van der Waals surface area contributed by atoms with Crippen molar-refractivity contribution in [1.29, 1.82) is 0 Å². The SMILES string of the molecule is COc1cc(C(NC(=O)N2CCN(CCOc3cc(C(NC(=O)N4CCN(CCCN)C(=O)C4=O)C(=O)N[C@H]4Cc5cccc(C(=O)O)c5OB4O)ccc3C(N)=O)C(=O)C2=O)C(=O)N[C@H]2Cc3cccc(C(=O)O)c3OB2O)ccc1C(=O)Oc1cccc(NC(=O)NC(C(=O)N[C@H]2Cc3ccc(F)c(C(=O)O)c3OB2O)c2ncc(O)cc2F)c1. The van der Waals surface area contributed by atoms with Crippen LogP contribution in [0.5, 0.6) is 40.2 Å². The summed E-state index contributed by atoms with van der Waals surface area (Å²) in [5.41, 5.74) is 8.35. The zero-order valence-corrected chi connectivity index (χ0v) is 63.6. The maximum absolute atomic E-state index is 15.5. The Bertz CT molecular complexity index is 5470. The number of halogens is 2. The molecule has 7 aromatic rings. The number of carbonyl (C=O) groups excluding carboxylic acids is 12. The van der Waals surface area contributed by atoms with E-state index < -0.39 is 207 Å². The van der Waals surface area contributed by atoms with Crippen LogP contribution in [0.15, 0.2) is 121 Å². The summed E-state index contributed by atoms with van der Waals surface area (Å²) in [5, 5.41) is 89.2. The number of nitrogens with zero attached hydrogens (tertiary/aromatic N) is 5. The van der Waals surface area contributed by atoms with Crippen molar-refractivity contribution < 1.29 is 144 Å². The van der Waals surface area contributed by atoms with Crippen LogP contribution in [-0.4, -0.2) is 248 Å². The number of urea groups is 3. The number of aromatic hydroxyl groups is 1. The number of carboxylic acid groups (broad SMARTS) is 3. The third-order valence-corrected chi connectivity index (χ3v) is 19.9. The van der Waals surface area contributed by atoms with Gasteiger partial charge in [0.2, 0.25) is 17.7 Å². The predicted octanol–water partition coefficient (Wildman–Crippen LogP) is -0.961. The van der Waals surface area contributed by atoms with Gasteiger partial charge in [0.05, 0.1) is 54.4 Å². The van der Waals surface area contributed by atoms with E-state index in [4.69, 9.17) is 39.6 Å². The minimum atomic E-state index is -2.06. The van der Waals surface area contributed by atoms with Gasteiger partial charge in [-0.05, 0) is 115 Å². The topological polar surface area (TPSA) is 615 Å². The zero-order chi connectivity index (χ0) is 87.8. The van der Waals surface area contributed by atoms with Crippen molar-refractivity contribution in [1.82, 2.24) is 56.5 Å². The highest BCUT2D eigenvalue weighted by Crippen LogP contribution is 2.37. The third-order valence-electron chi connectivity index (χ3n) is 19.9. The lowest BCUT2D eigenvalue weighted by molar-refractivity contribution is -0.154. The van der Waals surface area contributed by atoms with E-state index >= 15 is 4.39 Å². The van der Waals surface area contributed by atoms with Crippen molar-refractivity contribution in [2.24, 2.45) is 11.5 Å². The van der Waals surface area contributed by atoms with Gasteiger partial charge in [-0.3, -0.25) is 53.1 Å². The number of benzene rings is 6. The molecule has 5 aliphatic rings. The second-order valence-corrected chi connectivity index (χ2v) is 27.7. The average molecular weight is 1690 g/mol. The number of nitrogens with one attached hydrogen (secondary N) is 7. The quantitative estimate of drug-likeness (QED) is 0.0128. The molecule has 122 heavy (non-hydrogen) atoms. The van der Waals surface area contributed by atoms with E-state index in [0.717, 1.165) is 66.7 Å². The van der Waals surface area contributed by atoms with Gasteiger partial charge in [-0.1, -0.05) is 48.5 Å². The number of aromatic nitrogens is 1. The van der Waals surface area contributed by atoms with Crippen LogP contribution in [0, 0.1) is 11.6 Å². The van der Waals surface area contributed by atoms with Gasteiger partial charge in [-0.2, -0.15) is 0 Å². The molecular weight excluding hydrogens is 1620 g/mol. The lowest BCUT2D eigenvalue weighted by Crippen LogP contribution is -2.60. The highest BCUT2D eigenvalue weighted by molar-refractivity contribution is 6.48. The normalized spacial score (nSPS) is 16.7. The molecule has 0 aliphatic carbocycles. The first-order valence-corrected chi connectivity index (χ1v) is 36.9. The van der Waals surface area contributed by atoms with Gasteiger partial charge in [0, 0.05) is 50.5 Å². The minimum absolute atomic E-state index is 0.0392. The number of fused-ring (bicyclic) bond motifs is 3. The second kappa shape index (κ2) is 36.9. The van der Waals surface area contributed by atoms with Crippen molar-refractivity contribution in [3.8, 4) is 40.2 Å². The summed E-state index contributed by atoms with van der Waals surface area (Å²) in [5.74, 6) is -24.5. The highest BCUT2D eigenvalue weighted by atomic mass is 19.1. The maximum atomic E-state index is 15.5. The number of ether oxygens (including phenoxy) is 3. The molecule has 632 valence electrons. The number of methoxy groups -OCH3 is 1. The number of primary amides is 1. The summed E-state index contributed by atoms with van der Waals surface area (Å²) >= 11 is 0. The monoisotopic (exact) mass is 1690 g/mol. The molecule has 3 unspecified atom stereocenters. The van der Waals surface area contributed by atoms with Crippen LogP contribution in [0.3, 0.4) is 0 Å². The Morgan fingerprint density at radius 2 is 1.06 bits per heavy atom. The summed E-state index contributed by atoms with van der Waals surface area (Å²) in [7, 11) is -4.72. The number of imide groups is 2. The number of pyridine rings is 1. The Morgan fingerprint density at radius 1 is 0.557 bits per heavy atom. The van der Waals surface area contributed by atoms with Crippen LogP contribution in [0.4, 0.5) is 28.9 Å². The number of carbonyl (C=O) groups is 15. The maximum Gasteiger partial charge on any atom is 0.547 e. The number of para-hydroxylation sites is 2. The highest BCUT2D eigenvalue weighted by Gasteiger charge is 2.46. The summed E-state index contributed by atoms with van der Waals surface area (Å²) in [4.78, 5) is 210. The van der Waals surface area contributed by atoms with Gasteiger partial charge in [0.25, 0.3) is 5.91 Å². The number of esters is 1. The number of hydrogen-bond donors (Lipinski definition) is 16. The average Bonchev–Trinajstić information content (AvgIpc) is 0.781. The standard InChI is InChI=1S/C75H71B3F2N14O28/c1-117-48-26-34(13-16-43(48)72(110)119-41-9-4-8-39(31-41)84-73(111)88-57(56-47(80)32-40(95)33-83-56)64(99)87-52-30-38-14-17-46(79)53(71(108)109)60(38)122-78(52)116)54(62(97)85-50-28-36-6-2-10-44(69(104)105)58(36)120-76(50)114)89-74(112)94-23-21-92(66(101)68(94)103)24-25-118-49-27-35(12-15-42(49)61(82)96)55(90-75(113)93-22-20-91(19-5-18-81)65(100)67(93)102)63(98)86-51-29-37-7-3-11-45(70(106)107)59(37)121-77(51)115/h2-4,6-17,26-27,31-33,50-52,54-55,57,95,114-116H,5,18-25,28-30,81H2,1H3,(H2,82,96)(H,85,97)(H,86,98)(H,87,99)(H,89,112)(H,90,113)(H,104,105)(H,106,107)(H,108,109)(H2,84,88,111)/t50-,51-,52-,54?,55?,57?/m0/s1. The van der Waals surface area contributed by atoms with E-state index in [1.807, 2.05) is 0 Å². The Kier molecular flexibility index (Phi) is 26.1. The van der Waals surface area contributed by atoms with Crippen LogP contribution in [0.2, 0.25) is 0 Å². The Labute approximate surface area is 687 Å². The zero-order valence-electron chi connectivity index (χ0n) is 63.6. The lowest BCUT2D eigenvalue weighted by atomic mass is 9.72. The molecule has 5 aliphatic heterocycles. The Morgan fingerprint density at radius 3 is 1.57 bits per heavy atom. The first-order valence-electron chi connectivity index (χ1n) is 36.9. The van der Waals surface area contributed by atoms with Crippen LogP contribution in [0.25, 0.3) is 0 Å². The van der Waals surface area contributed by atoms with E-state index in [-0.39, 0.29) is 130 Å². The molecule has 18 N–H and O–H groups in total. The molecule has 2 fully saturated rings. The smallest absolute Gasteiger partial charge is 0.534 e. The number of anilines is 1. The number of amides is 14. The van der Waals surface area contributed by atoms with Crippen LogP contribution in [0.1, 0.15) is 110 Å². The molecule has 6 atom stereocenters. The number of aromatic carboxylic acids is 3. The largest absolute Gasteiger partial charge is 0.547 e. The number of nitrogens with two attached hydrogens (primary N) is 2. The molecule has 0 bridgehead atoms. The molecule has 47 heteroatoms. The second-order valence-electron chi connectivity index (χ2n) is 27.7. The minimum Gasteiger partial charge on any atom is -0.534 e. The Balaban J connectivity index is 0.735. The van der Waals surface area contributed by atoms with Crippen molar-refractivity contribution in [2.75, 3.05) is 64.8 Å². The van der Waals surface area contributed by atoms with Gasteiger partial charge in [-0.25, -0.2) is 42.3 Å². The fraction of sp³-hybridized carbons (Fsp3) is 0.253. The molecule has 2 saturated heterocycles. The molecule has 6 heterocycles. The molecule has 0 spiro atoms. The molecule has 6 aromatic carbocycles. The molecule has 14 amide bonds. The molecule has 0 saturated carbocycles. The van der Waals surface area contributed by atoms with E-state index in [0.29, 0.717) is 22.3 Å². The molecule has 42 nitrogen and oxygen atoms in total. The molecule has 12 rings (SSSR count). The summed E-state index contributed by atoms with van der Waals surface area (Å²) in [6.07, 6.45) is 0.252. The summed E-state index contributed by atoms with van der Waals surface area (Å²) in [6.45, 7) is -2.22. The van der Waals surface area contributed by atoms with Crippen molar-refractivity contribution in [2.45, 2.75) is 61.6 Å². The lowest BCUT2D eigenvalue weighted by Gasteiger charge is -2.34. The first-order chi connectivity index (χ1) is 58.2. The van der Waals surface area contributed by atoms with E-state index in [1.54, 1.807) is 0 Å². The molecular formula is C75H71B3F2N14O28. The number of rotatable bonds is 27. The molecule has 1 aromatic heterocycles. The van der Waals surface area contributed by atoms with Gasteiger partial charge in [-0.15, -0.1) is 0 Å². The third kappa shape index (κ3) is 18.9.